The molecule has 15 heteroatoms. The van der Waals surface area contributed by atoms with Crippen LogP contribution in [-0.2, 0) is 14.4 Å². The average molecular weight is 721 g/mol. The Morgan fingerprint density at radius 1 is 0.962 bits per heavy atom. The smallest absolute Gasteiger partial charge is 0.262 e. The zero-order valence-electron chi connectivity index (χ0n) is 29.6. The number of rotatable bonds is 12. The topological polar surface area (TPSA) is 195 Å². The third-order valence-electron chi connectivity index (χ3n) is 10.3. The molecule has 53 heavy (non-hydrogen) atoms. The summed E-state index contributed by atoms with van der Waals surface area (Å²) in [5.74, 6) is -1.94. The van der Waals surface area contributed by atoms with Crippen molar-refractivity contribution in [1.82, 2.24) is 30.4 Å². The molecule has 1 atom stereocenters. The standard InChI is InChI=1S/C38H44N10O5/c39-20-24(32-22-43-30-8-6-27(19-31(30)44-32)47-17-14-40-23-47)21-42-25-11-15-46(16-12-25)35(50)4-2-1-3-13-41-26-5-7-28-29(18-26)38(53)48(37(28)52)33-9-10-34(49)45-36(33)51/h5-8,18-22,25,33,40-41H,1-4,9-17,23,39H2,(H,45,49,51). The molecule has 7 rings (SSSR count). The van der Waals surface area contributed by atoms with Crippen LogP contribution < -0.4 is 26.6 Å². The molecule has 5 heterocycles. The number of nitrogens with zero attached hydrogens (tertiary/aromatic N) is 6. The summed E-state index contributed by atoms with van der Waals surface area (Å²) in [7, 11) is 0. The highest BCUT2D eigenvalue weighted by molar-refractivity contribution is 6.23. The molecule has 0 radical (unpaired) electrons. The first-order valence-electron chi connectivity index (χ1n) is 18.3. The van der Waals surface area contributed by atoms with Gasteiger partial charge in [0, 0.05) is 74.9 Å². The molecule has 0 bridgehead atoms. The molecule has 5 N–H and O–H groups in total. The van der Waals surface area contributed by atoms with E-state index in [0.29, 0.717) is 43.0 Å². The first-order valence-corrected chi connectivity index (χ1v) is 18.3. The van der Waals surface area contributed by atoms with Crippen molar-refractivity contribution in [3.8, 4) is 0 Å². The van der Waals surface area contributed by atoms with Crippen molar-refractivity contribution < 1.29 is 24.0 Å². The predicted octanol–water partition coefficient (Wildman–Crippen LogP) is 2.43. The number of amides is 5. The van der Waals surface area contributed by atoms with Crippen molar-refractivity contribution in [2.45, 2.75) is 63.5 Å². The number of anilines is 2. The second-order valence-corrected chi connectivity index (χ2v) is 13.8. The summed E-state index contributed by atoms with van der Waals surface area (Å²) in [6, 6.07) is 10.2. The van der Waals surface area contributed by atoms with Crippen LogP contribution in [0.3, 0.4) is 0 Å². The Bertz CT molecular complexity index is 1980. The Morgan fingerprint density at radius 3 is 2.57 bits per heavy atom. The van der Waals surface area contributed by atoms with E-state index in [0.717, 1.165) is 73.5 Å². The minimum absolute atomic E-state index is 0.0767. The Kier molecular flexibility index (Phi) is 10.7. The highest BCUT2D eigenvalue weighted by Crippen LogP contribution is 2.30. The zero-order chi connectivity index (χ0) is 36.9. The van der Waals surface area contributed by atoms with E-state index < -0.39 is 29.7 Å². The number of hydrogen-bond acceptors (Lipinski definition) is 12. The molecule has 2 aromatic carbocycles. The van der Waals surface area contributed by atoms with Crippen molar-refractivity contribution in [2.24, 2.45) is 10.7 Å². The molecule has 3 aromatic rings. The number of piperidine rings is 2. The van der Waals surface area contributed by atoms with Gasteiger partial charge in [0.25, 0.3) is 11.8 Å². The minimum Gasteiger partial charge on any atom is -0.404 e. The summed E-state index contributed by atoms with van der Waals surface area (Å²) in [6.07, 6.45) is 9.69. The van der Waals surface area contributed by atoms with Gasteiger partial charge >= 0.3 is 0 Å². The predicted molar refractivity (Wildman–Crippen MR) is 200 cm³/mol. The van der Waals surface area contributed by atoms with Crippen molar-refractivity contribution in [3.05, 3.63) is 65.6 Å². The summed E-state index contributed by atoms with van der Waals surface area (Å²) >= 11 is 0. The fourth-order valence-electron chi connectivity index (χ4n) is 7.26. The minimum atomic E-state index is -0.990. The van der Waals surface area contributed by atoms with Crippen LogP contribution in [0.4, 0.5) is 11.4 Å². The highest BCUT2D eigenvalue weighted by Gasteiger charge is 2.44. The molecule has 1 unspecified atom stereocenters. The van der Waals surface area contributed by atoms with Gasteiger partial charge in [-0.2, -0.15) is 0 Å². The summed E-state index contributed by atoms with van der Waals surface area (Å²) in [5.41, 5.74) is 11.3. The molecular weight excluding hydrogens is 676 g/mol. The van der Waals surface area contributed by atoms with E-state index in [1.54, 1.807) is 30.6 Å². The lowest BCUT2D eigenvalue weighted by molar-refractivity contribution is -0.136. The molecule has 0 spiro atoms. The quantitative estimate of drug-likeness (QED) is 0.122. The number of likely N-dealkylation sites (tertiary alicyclic amines) is 1. The molecule has 4 aliphatic heterocycles. The number of aliphatic imine (C=N–C) groups is 1. The maximum absolute atomic E-state index is 13.1. The molecule has 1 aromatic heterocycles. The summed E-state index contributed by atoms with van der Waals surface area (Å²) < 4.78 is 0. The van der Waals surface area contributed by atoms with Gasteiger partial charge in [-0.1, -0.05) is 6.42 Å². The van der Waals surface area contributed by atoms with Crippen molar-refractivity contribution >= 4 is 63.7 Å². The van der Waals surface area contributed by atoms with Crippen LogP contribution in [0.2, 0.25) is 0 Å². The first-order chi connectivity index (χ1) is 25.8. The molecule has 276 valence electrons. The van der Waals surface area contributed by atoms with Gasteiger partial charge in [0.1, 0.15) is 6.04 Å². The van der Waals surface area contributed by atoms with Gasteiger partial charge in [0.2, 0.25) is 17.7 Å². The number of allylic oxidation sites excluding steroid dienone is 1. The van der Waals surface area contributed by atoms with E-state index in [1.807, 2.05) is 11.0 Å². The number of nitrogens with two attached hydrogens (primary N) is 1. The van der Waals surface area contributed by atoms with Gasteiger partial charge < -0.3 is 20.9 Å². The molecular formula is C38H44N10O5. The van der Waals surface area contributed by atoms with E-state index in [9.17, 15) is 24.0 Å². The van der Waals surface area contributed by atoms with E-state index >= 15 is 0 Å². The van der Waals surface area contributed by atoms with Crippen molar-refractivity contribution in [3.63, 3.8) is 0 Å². The molecule has 3 saturated heterocycles. The Labute approximate surface area is 307 Å². The first kappa shape index (κ1) is 35.7. The SMILES string of the molecule is NC=C(C=NC1CCN(C(=O)CCCCCNc2ccc3c(c2)C(=O)N(C2CCC(=O)NC2=O)C3=O)CC1)c1cnc2ccc(N3CCNC3)cc2n1. The summed E-state index contributed by atoms with van der Waals surface area (Å²) in [6.45, 7) is 4.69. The van der Waals surface area contributed by atoms with Crippen molar-refractivity contribution in [1.29, 1.82) is 0 Å². The molecule has 15 nitrogen and oxygen atoms in total. The van der Waals surface area contributed by atoms with Gasteiger partial charge in [-0.3, -0.25) is 49.5 Å². The molecule has 0 aliphatic carbocycles. The third kappa shape index (κ3) is 7.89. The van der Waals surface area contributed by atoms with Gasteiger partial charge in [0.05, 0.1) is 46.8 Å². The average Bonchev–Trinajstić information content (AvgIpc) is 3.80. The Hall–Kier alpha value is -5.70. The third-order valence-corrected chi connectivity index (χ3v) is 10.3. The lowest BCUT2D eigenvalue weighted by Gasteiger charge is -2.30. The summed E-state index contributed by atoms with van der Waals surface area (Å²) in [4.78, 5) is 82.1. The molecule has 4 aliphatic rings. The number of imide groups is 2. The van der Waals surface area contributed by atoms with Crippen LogP contribution in [0.15, 0.2) is 53.8 Å². The number of nitrogens with one attached hydrogen (secondary N) is 3. The maximum atomic E-state index is 13.1. The number of aromatic nitrogens is 2. The number of carbonyl (C=O) groups excluding carboxylic acids is 5. The van der Waals surface area contributed by atoms with E-state index in [4.69, 9.17) is 15.7 Å². The van der Waals surface area contributed by atoms with E-state index in [2.05, 4.69) is 38.0 Å². The number of fused-ring (bicyclic) bond motifs is 2. The lowest BCUT2D eigenvalue weighted by Crippen LogP contribution is -2.54. The van der Waals surface area contributed by atoms with Crippen LogP contribution in [0, 0.1) is 0 Å². The highest BCUT2D eigenvalue weighted by atomic mass is 16.2. The second kappa shape index (κ2) is 15.9. The molecule has 0 saturated carbocycles. The fraction of sp³-hybridized carbons (Fsp3) is 0.421. The maximum Gasteiger partial charge on any atom is 0.262 e. The van der Waals surface area contributed by atoms with Crippen LogP contribution in [0.5, 0.6) is 0 Å². The van der Waals surface area contributed by atoms with Crippen LogP contribution in [0.1, 0.15) is 77.8 Å². The summed E-state index contributed by atoms with van der Waals surface area (Å²) in [5, 5.41) is 8.84. The van der Waals surface area contributed by atoms with E-state index in [-0.39, 0.29) is 35.9 Å². The Balaban J connectivity index is 0.816. The van der Waals surface area contributed by atoms with Gasteiger partial charge in [0.15, 0.2) is 0 Å². The van der Waals surface area contributed by atoms with E-state index in [1.165, 1.54) is 6.20 Å². The zero-order valence-corrected chi connectivity index (χ0v) is 29.6. The normalized spacial score (nSPS) is 19.8. The fourth-order valence-corrected chi connectivity index (χ4v) is 7.26. The monoisotopic (exact) mass is 720 g/mol. The number of hydrogen-bond donors (Lipinski definition) is 4. The largest absolute Gasteiger partial charge is 0.404 e. The van der Waals surface area contributed by atoms with Gasteiger partial charge in [-0.05, 0) is 68.5 Å². The lowest BCUT2D eigenvalue weighted by atomic mass is 10.0. The number of unbranched alkanes of at least 4 members (excludes halogenated alkanes) is 2. The second-order valence-electron chi connectivity index (χ2n) is 13.8. The molecule has 3 fully saturated rings. The van der Waals surface area contributed by atoms with Gasteiger partial charge in [-0.15, -0.1) is 0 Å². The molecule has 5 amide bonds. The number of carbonyl (C=O) groups is 5. The van der Waals surface area contributed by atoms with Crippen LogP contribution in [0.25, 0.3) is 16.6 Å². The number of benzene rings is 2. The van der Waals surface area contributed by atoms with Crippen LogP contribution >= 0.6 is 0 Å². The van der Waals surface area contributed by atoms with Crippen molar-refractivity contribution in [2.75, 3.05) is 49.6 Å². The Morgan fingerprint density at radius 2 is 1.79 bits per heavy atom. The van der Waals surface area contributed by atoms with Crippen LogP contribution in [-0.4, -0.2) is 107 Å². The van der Waals surface area contributed by atoms with Gasteiger partial charge in [-0.25, -0.2) is 4.98 Å².